The summed E-state index contributed by atoms with van der Waals surface area (Å²) in [5, 5.41) is 0. The molecule has 0 unspecified atom stereocenters. The van der Waals surface area contributed by atoms with Gasteiger partial charge in [0.25, 0.3) is 0 Å². The van der Waals surface area contributed by atoms with Crippen molar-refractivity contribution in [3.63, 3.8) is 0 Å². The van der Waals surface area contributed by atoms with Crippen molar-refractivity contribution in [2.45, 2.75) is 58.5 Å². The number of fused-ring (bicyclic) bond motifs is 3. The molecule has 1 aromatic rings. The Kier molecular flexibility index (Phi) is 2.07. The molecule has 16 heavy (non-hydrogen) atoms. The van der Waals surface area contributed by atoms with Gasteiger partial charge in [0.05, 0.1) is 0 Å². The summed E-state index contributed by atoms with van der Waals surface area (Å²) in [5.74, 6) is 2.44. The molecule has 1 aliphatic heterocycles. The molecule has 0 fully saturated rings. The maximum atomic E-state index is 5.97. The maximum absolute atomic E-state index is 5.97. The molecule has 0 spiro atoms. The number of hydrogen-bond donors (Lipinski definition) is 0. The van der Waals surface area contributed by atoms with E-state index in [1.807, 2.05) is 0 Å². The third kappa shape index (κ3) is 1.17. The van der Waals surface area contributed by atoms with Crippen molar-refractivity contribution in [1.82, 2.24) is 0 Å². The van der Waals surface area contributed by atoms with Gasteiger partial charge in [-0.2, -0.15) is 0 Å². The topological polar surface area (TPSA) is 9.23 Å². The number of benzene rings is 1. The SMILES string of the molecule is Cc1cc2c(c3c1CC[C@H]3C)[C@H](C)[C@H](C)O2. The average Bonchev–Trinajstić information content (AvgIpc) is 2.72. The summed E-state index contributed by atoms with van der Waals surface area (Å²) in [6.07, 6.45) is 2.92. The van der Waals surface area contributed by atoms with Crippen molar-refractivity contribution in [2.75, 3.05) is 0 Å². The predicted molar refractivity (Wildman–Crippen MR) is 66.4 cm³/mol. The average molecular weight is 216 g/mol. The highest BCUT2D eigenvalue weighted by Gasteiger charge is 2.35. The third-order valence-electron chi connectivity index (χ3n) is 4.50. The minimum atomic E-state index is 0.341. The first-order chi connectivity index (χ1) is 7.59. The Morgan fingerprint density at radius 1 is 1.19 bits per heavy atom. The Labute approximate surface area is 97.8 Å². The molecule has 1 heterocycles. The van der Waals surface area contributed by atoms with Crippen LogP contribution >= 0.6 is 0 Å². The van der Waals surface area contributed by atoms with E-state index in [1.165, 1.54) is 24.0 Å². The van der Waals surface area contributed by atoms with Gasteiger partial charge in [-0.05, 0) is 55.4 Å². The minimum absolute atomic E-state index is 0.341. The van der Waals surface area contributed by atoms with E-state index in [1.54, 1.807) is 11.1 Å². The van der Waals surface area contributed by atoms with E-state index in [0.717, 1.165) is 11.7 Å². The summed E-state index contributed by atoms with van der Waals surface area (Å²) in [7, 11) is 0. The summed E-state index contributed by atoms with van der Waals surface area (Å²) in [6, 6.07) is 2.26. The maximum Gasteiger partial charge on any atom is 0.123 e. The molecule has 86 valence electrons. The second-order valence-electron chi connectivity index (χ2n) is 5.55. The lowest BCUT2D eigenvalue weighted by Gasteiger charge is -2.15. The standard InChI is InChI=1S/C15H20O/c1-8-5-6-12-9(2)7-13-15(14(8)12)10(3)11(4)16-13/h7-8,10-11H,5-6H2,1-4H3/t8-,10-,11+/m1/s1. The first-order valence-electron chi connectivity index (χ1n) is 6.42. The van der Waals surface area contributed by atoms with E-state index in [2.05, 4.69) is 33.8 Å². The summed E-state index contributed by atoms with van der Waals surface area (Å²) < 4.78 is 5.97. The highest BCUT2D eigenvalue weighted by molar-refractivity contribution is 5.56. The van der Waals surface area contributed by atoms with E-state index in [-0.39, 0.29) is 0 Å². The molecule has 3 rings (SSSR count). The van der Waals surface area contributed by atoms with Crippen LogP contribution in [0.3, 0.4) is 0 Å². The molecule has 0 N–H and O–H groups in total. The van der Waals surface area contributed by atoms with Crippen LogP contribution in [0.1, 0.15) is 61.3 Å². The van der Waals surface area contributed by atoms with Crippen molar-refractivity contribution < 1.29 is 4.74 Å². The first kappa shape index (κ1) is 10.2. The van der Waals surface area contributed by atoms with Gasteiger partial charge in [0, 0.05) is 11.5 Å². The molecule has 0 radical (unpaired) electrons. The Morgan fingerprint density at radius 3 is 2.69 bits per heavy atom. The van der Waals surface area contributed by atoms with E-state index in [4.69, 9.17) is 4.74 Å². The van der Waals surface area contributed by atoms with Crippen LogP contribution in [0.15, 0.2) is 6.07 Å². The lowest BCUT2D eigenvalue weighted by molar-refractivity contribution is 0.232. The Bertz CT molecular complexity index is 447. The normalized spacial score (nSPS) is 31.1. The third-order valence-corrected chi connectivity index (χ3v) is 4.50. The van der Waals surface area contributed by atoms with Crippen LogP contribution in [0.5, 0.6) is 5.75 Å². The molecule has 2 aliphatic rings. The summed E-state index contributed by atoms with van der Waals surface area (Å²) in [5.41, 5.74) is 6.17. The zero-order valence-electron chi connectivity index (χ0n) is 10.6. The molecule has 0 amide bonds. The number of hydrogen-bond acceptors (Lipinski definition) is 1. The molecule has 1 nitrogen and oxygen atoms in total. The van der Waals surface area contributed by atoms with Crippen molar-refractivity contribution in [3.05, 3.63) is 28.3 Å². The number of aryl methyl sites for hydroxylation is 1. The molecule has 0 aromatic heterocycles. The fourth-order valence-electron chi connectivity index (χ4n) is 3.37. The van der Waals surface area contributed by atoms with Crippen LogP contribution in [-0.2, 0) is 6.42 Å². The van der Waals surface area contributed by atoms with Crippen molar-refractivity contribution in [2.24, 2.45) is 0 Å². The van der Waals surface area contributed by atoms with Gasteiger partial charge in [0.1, 0.15) is 11.9 Å². The van der Waals surface area contributed by atoms with Crippen molar-refractivity contribution >= 4 is 0 Å². The van der Waals surface area contributed by atoms with Gasteiger partial charge in [-0.15, -0.1) is 0 Å². The molecule has 1 aromatic carbocycles. The van der Waals surface area contributed by atoms with Crippen LogP contribution in [0.2, 0.25) is 0 Å². The second-order valence-corrected chi connectivity index (χ2v) is 5.55. The molecule has 0 bridgehead atoms. The van der Waals surface area contributed by atoms with Gasteiger partial charge in [0.15, 0.2) is 0 Å². The molecular formula is C15H20O. The monoisotopic (exact) mass is 216 g/mol. The van der Waals surface area contributed by atoms with E-state index < -0.39 is 0 Å². The van der Waals surface area contributed by atoms with Crippen molar-refractivity contribution in [3.8, 4) is 5.75 Å². The van der Waals surface area contributed by atoms with Gasteiger partial charge in [-0.3, -0.25) is 0 Å². The molecule has 1 heteroatoms. The fourth-order valence-corrected chi connectivity index (χ4v) is 3.37. The molecule has 0 saturated carbocycles. The minimum Gasteiger partial charge on any atom is -0.490 e. The zero-order valence-corrected chi connectivity index (χ0v) is 10.6. The Morgan fingerprint density at radius 2 is 1.94 bits per heavy atom. The highest BCUT2D eigenvalue weighted by Crippen LogP contribution is 2.48. The Hall–Kier alpha value is -0.980. The van der Waals surface area contributed by atoms with Gasteiger partial charge in [-0.25, -0.2) is 0 Å². The van der Waals surface area contributed by atoms with E-state index in [0.29, 0.717) is 12.0 Å². The Balaban J connectivity index is 2.26. The summed E-state index contributed by atoms with van der Waals surface area (Å²) >= 11 is 0. The quantitative estimate of drug-likeness (QED) is 0.638. The van der Waals surface area contributed by atoms with Crippen molar-refractivity contribution in [1.29, 1.82) is 0 Å². The number of ether oxygens (including phenoxy) is 1. The fraction of sp³-hybridized carbons (Fsp3) is 0.600. The first-order valence-corrected chi connectivity index (χ1v) is 6.42. The molecular weight excluding hydrogens is 196 g/mol. The molecule has 0 saturated heterocycles. The highest BCUT2D eigenvalue weighted by atomic mass is 16.5. The lowest BCUT2D eigenvalue weighted by atomic mass is 9.87. The van der Waals surface area contributed by atoms with Gasteiger partial charge >= 0.3 is 0 Å². The van der Waals surface area contributed by atoms with E-state index in [9.17, 15) is 0 Å². The van der Waals surface area contributed by atoms with Crippen LogP contribution < -0.4 is 4.74 Å². The summed E-state index contributed by atoms with van der Waals surface area (Å²) in [4.78, 5) is 0. The lowest BCUT2D eigenvalue weighted by Crippen LogP contribution is -2.11. The van der Waals surface area contributed by atoms with E-state index >= 15 is 0 Å². The zero-order chi connectivity index (χ0) is 11.4. The smallest absolute Gasteiger partial charge is 0.123 e. The van der Waals surface area contributed by atoms with Crippen LogP contribution in [0, 0.1) is 6.92 Å². The largest absolute Gasteiger partial charge is 0.490 e. The van der Waals surface area contributed by atoms with Gasteiger partial charge in [0.2, 0.25) is 0 Å². The predicted octanol–water partition coefficient (Wildman–Crippen LogP) is 3.93. The number of rotatable bonds is 0. The van der Waals surface area contributed by atoms with Crippen LogP contribution in [0.25, 0.3) is 0 Å². The summed E-state index contributed by atoms with van der Waals surface area (Å²) in [6.45, 7) is 9.08. The molecule has 1 aliphatic carbocycles. The van der Waals surface area contributed by atoms with Gasteiger partial charge < -0.3 is 4.74 Å². The van der Waals surface area contributed by atoms with Crippen LogP contribution in [0.4, 0.5) is 0 Å². The molecule has 3 atom stereocenters. The second kappa shape index (κ2) is 3.26. The van der Waals surface area contributed by atoms with Gasteiger partial charge in [-0.1, -0.05) is 13.8 Å². The van der Waals surface area contributed by atoms with Crippen LogP contribution in [-0.4, -0.2) is 6.10 Å².